The lowest BCUT2D eigenvalue weighted by Crippen LogP contribution is -2.12. The maximum absolute atomic E-state index is 11.1. The van der Waals surface area contributed by atoms with Gasteiger partial charge < -0.3 is 4.74 Å². The predicted molar refractivity (Wildman–Crippen MR) is 77.5 cm³/mol. The van der Waals surface area contributed by atoms with Crippen molar-refractivity contribution >= 4 is 41.9 Å². The predicted octanol–water partition coefficient (Wildman–Crippen LogP) is 3.05. The standard InChI is InChI=1S/C11H8Br2N2O3S/c12-7-1-3-10(9(13)5-7)18-11-4-2-8(6-15-11)19(14,16)17/h1-6H,(H2,14,16,17). The van der Waals surface area contributed by atoms with Crippen molar-refractivity contribution in [1.82, 2.24) is 4.98 Å². The van der Waals surface area contributed by atoms with Gasteiger partial charge in [-0.2, -0.15) is 0 Å². The second kappa shape index (κ2) is 5.58. The lowest BCUT2D eigenvalue weighted by atomic mass is 10.3. The first-order valence-electron chi connectivity index (χ1n) is 4.98. The number of aromatic nitrogens is 1. The molecule has 0 aliphatic heterocycles. The highest BCUT2D eigenvalue weighted by Crippen LogP contribution is 2.31. The molecule has 0 saturated heterocycles. The molecule has 0 saturated carbocycles. The van der Waals surface area contributed by atoms with Crippen LogP contribution in [-0.4, -0.2) is 13.4 Å². The van der Waals surface area contributed by atoms with Crippen LogP contribution in [0.1, 0.15) is 0 Å². The molecule has 0 radical (unpaired) electrons. The number of ether oxygens (including phenoxy) is 1. The van der Waals surface area contributed by atoms with Crippen molar-refractivity contribution in [2.75, 3.05) is 0 Å². The molecule has 0 unspecified atom stereocenters. The summed E-state index contributed by atoms with van der Waals surface area (Å²) in [6.45, 7) is 0. The van der Waals surface area contributed by atoms with Gasteiger partial charge in [-0.05, 0) is 40.2 Å². The average molecular weight is 408 g/mol. The Bertz CT molecular complexity index is 702. The van der Waals surface area contributed by atoms with Crippen molar-refractivity contribution in [3.8, 4) is 11.6 Å². The molecule has 1 heterocycles. The molecule has 2 N–H and O–H groups in total. The van der Waals surface area contributed by atoms with Crippen LogP contribution in [0.25, 0.3) is 0 Å². The first-order valence-corrected chi connectivity index (χ1v) is 8.11. The number of sulfonamides is 1. The number of pyridine rings is 1. The maximum Gasteiger partial charge on any atom is 0.239 e. The van der Waals surface area contributed by atoms with Crippen LogP contribution in [0.4, 0.5) is 0 Å². The van der Waals surface area contributed by atoms with Gasteiger partial charge in [0.25, 0.3) is 0 Å². The molecule has 100 valence electrons. The fourth-order valence-electron chi connectivity index (χ4n) is 1.27. The Labute approximate surface area is 127 Å². The summed E-state index contributed by atoms with van der Waals surface area (Å²) in [6.07, 6.45) is 1.15. The van der Waals surface area contributed by atoms with Gasteiger partial charge in [-0.15, -0.1) is 0 Å². The van der Waals surface area contributed by atoms with Gasteiger partial charge in [-0.25, -0.2) is 18.5 Å². The van der Waals surface area contributed by atoms with Gasteiger partial charge in [0.2, 0.25) is 15.9 Å². The molecule has 1 aromatic carbocycles. The number of hydrogen-bond acceptors (Lipinski definition) is 4. The Kier molecular flexibility index (Phi) is 4.24. The average Bonchev–Trinajstić information content (AvgIpc) is 2.32. The number of hydrogen-bond donors (Lipinski definition) is 1. The quantitative estimate of drug-likeness (QED) is 0.847. The van der Waals surface area contributed by atoms with Crippen molar-refractivity contribution < 1.29 is 13.2 Å². The Morgan fingerprint density at radius 3 is 2.42 bits per heavy atom. The van der Waals surface area contributed by atoms with Gasteiger partial charge >= 0.3 is 0 Å². The number of halogens is 2. The molecule has 0 bridgehead atoms. The fourth-order valence-corrected chi connectivity index (χ4v) is 2.85. The van der Waals surface area contributed by atoms with Gasteiger partial charge in [0.15, 0.2) is 0 Å². The number of primary sulfonamides is 1. The Morgan fingerprint density at radius 1 is 1.16 bits per heavy atom. The maximum atomic E-state index is 11.1. The number of nitrogens with zero attached hydrogens (tertiary/aromatic N) is 1. The molecular formula is C11H8Br2N2O3S. The van der Waals surface area contributed by atoms with Crippen LogP contribution < -0.4 is 9.88 Å². The molecule has 19 heavy (non-hydrogen) atoms. The minimum absolute atomic E-state index is 0.0604. The second-order valence-electron chi connectivity index (χ2n) is 3.55. The monoisotopic (exact) mass is 406 g/mol. The zero-order valence-corrected chi connectivity index (χ0v) is 13.4. The van der Waals surface area contributed by atoms with Crippen LogP contribution in [-0.2, 0) is 10.0 Å². The van der Waals surface area contributed by atoms with E-state index in [2.05, 4.69) is 36.8 Å². The molecular weight excluding hydrogens is 400 g/mol. The van der Waals surface area contributed by atoms with Gasteiger partial charge in [0, 0.05) is 10.5 Å². The Morgan fingerprint density at radius 2 is 1.89 bits per heavy atom. The first-order chi connectivity index (χ1) is 8.86. The third-order valence-corrected chi connectivity index (χ3v) is 4.16. The summed E-state index contributed by atoms with van der Waals surface area (Å²) in [7, 11) is -3.74. The minimum Gasteiger partial charge on any atom is -0.438 e. The fraction of sp³-hybridized carbons (Fsp3) is 0. The van der Waals surface area contributed by atoms with Crippen molar-refractivity contribution in [3.05, 3.63) is 45.5 Å². The van der Waals surface area contributed by atoms with Gasteiger partial charge in [-0.3, -0.25) is 0 Å². The van der Waals surface area contributed by atoms with E-state index in [1.165, 1.54) is 12.1 Å². The third-order valence-electron chi connectivity index (χ3n) is 2.15. The van der Waals surface area contributed by atoms with E-state index in [-0.39, 0.29) is 10.8 Å². The van der Waals surface area contributed by atoms with Crippen LogP contribution >= 0.6 is 31.9 Å². The summed E-state index contributed by atoms with van der Waals surface area (Å²) in [4.78, 5) is 3.83. The van der Waals surface area contributed by atoms with E-state index in [1.54, 1.807) is 6.07 Å². The summed E-state index contributed by atoms with van der Waals surface area (Å²) in [6, 6.07) is 8.18. The Balaban J connectivity index is 2.25. The molecule has 8 heteroatoms. The number of nitrogens with two attached hydrogens (primary N) is 1. The van der Waals surface area contributed by atoms with Crippen LogP contribution in [0.5, 0.6) is 11.6 Å². The zero-order chi connectivity index (χ0) is 14.0. The summed E-state index contributed by atoms with van der Waals surface area (Å²) >= 11 is 6.68. The third kappa shape index (κ3) is 3.75. The van der Waals surface area contributed by atoms with E-state index >= 15 is 0 Å². The van der Waals surface area contributed by atoms with Crippen molar-refractivity contribution in [2.24, 2.45) is 5.14 Å². The molecule has 2 rings (SSSR count). The van der Waals surface area contributed by atoms with Crippen LogP contribution in [0.15, 0.2) is 50.4 Å². The van der Waals surface area contributed by atoms with Crippen molar-refractivity contribution in [2.45, 2.75) is 4.90 Å². The molecule has 0 spiro atoms. The van der Waals surface area contributed by atoms with Gasteiger partial charge in [-0.1, -0.05) is 15.9 Å². The minimum atomic E-state index is -3.74. The molecule has 2 aromatic rings. The van der Waals surface area contributed by atoms with Crippen LogP contribution in [0.3, 0.4) is 0 Å². The summed E-state index contributed by atoms with van der Waals surface area (Å²) in [5, 5.41) is 4.98. The van der Waals surface area contributed by atoms with E-state index in [1.807, 2.05) is 12.1 Å². The van der Waals surface area contributed by atoms with E-state index < -0.39 is 10.0 Å². The lowest BCUT2D eigenvalue weighted by molar-refractivity contribution is 0.459. The van der Waals surface area contributed by atoms with Gasteiger partial charge in [0.1, 0.15) is 10.6 Å². The molecule has 5 nitrogen and oxygen atoms in total. The molecule has 0 aliphatic rings. The largest absolute Gasteiger partial charge is 0.438 e. The zero-order valence-electron chi connectivity index (χ0n) is 9.38. The van der Waals surface area contributed by atoms with Crippen LogP contribution in [0.2, 0.25) is 0 Å². The smallest absolute Gasteiger partial charge is 0.239 e. The highest BCUT2D eigenvalue weighted by atomic mass is 79.9. The van der Waals surface area contributed by atoms with E-state index in [4.69, 9.17) is 9.88 Å². The summed E-state index contributed by atoms with van der Waals surface area (Å²) in [5.41, 5.74) is 0. The lowest BCUT2D eigenvalue weighted by Gasteiger charge is -2.07. The Hall–Kier alpha value is -0.960. The van der Waals surface area contributed by atoms with Crippen LogP contribution in [0, 0.1) is 0 Å². The van der Waals surface area contributed by atoms with E-state index in [0.717, 1.165) is 15.1 Å². The molecule has 1 aromatic heterocycles. The number of benzene rings is 1. The van der Waals surface area contributed by atoms with E-state index in [0.29, 0.717) is 5.75 Å². The molecule has 0 fully saturated rings. The SMILES string of the molecule is NS(=O)(=O)c1ccc(Oc2ccc(Br)cc2Br)nc1. The first kappa shape index (κ1) is 14.4. The molecule has 0 atom stereocenters. The van der Waals surface area contributed by atoms with Crippen molar-refractivity contribution in [1.29, 1.82) is 0 Å². The summed E-state index contributed by atoms with van der Waals surface area (Å²) in [5.74, 6) is 0.842. The van der Waals surface area contributed by atoms with Gasteiger partial charge in [0.05, 0.1) is 10.7 Å². The summed E-state index contributed by atoms with van der Waals surface area (Å²) < 4.78 is 29.3. The normalized spacial score (nSPS) is 11.3. The highest BCUT2D eigenvalue weighted by Gasteiger charge is 2.09. The topological polar surface area (TPSA) is 82.3 Å². The molecule has 0 aliphatic carbocycles. The second-order valence-corrected chi connectivity index (χ2v) is 6.89. The highest BCUT2D eigenvalue weighted by molar-refractivity contribution is 9.11. The number of rotatable bonds is 3. The van der Waals surface area contributed by atoms with Crippen molar-refractivity contribution in [3.63, 3.8) is 0 Å². The molecule has 0 amide bonds. The van der Waals surface area contributed by atoms with E-state index in [9.17, 15) is 8.42 Å².